The number of benzene rings is 1. The molecule has 3 amide bonds. The zero-order valence-electron chi connectivity index (χ0n) is 15.0. The molecule has 2 heterocycles. The summed E-state index contributed by atoms with van der Waals surface area (Å²) in [5, 5.41) is 21.9. The van der Waals surface area contributed by atoms with E-state index >= 15 is 0 Å². The third-order valence-corrected chi connectivity index (χ3v) is 5.26. The second kappa shape index (κ2) is 7.70. The molecule has 2 fully saturated rings. The van der Waals surface area contributed by atoms with Crippen LogP contribution in [0.1, 0.15) is 24.8 Å². The van der Waals surface area contributed by atoms with Crippen molar-refractivity contribution < 1.29 is 33.4 Å². The molecule has 0 saturated carbocycles. The summed E-state index contributed by atoms with van der Waals surface area (Å²) in [6.07, 6.45) is -0.263. The Morgan fingerprint density at radius 2 is 1.75 bits per heavy atom. The Hall–Kier alpha value is -2.75. The fourth-order valence-electron chi connectivity index (χ4n) is 3.70. The Labute approximate surface area is 159 Å². The average Bonchev–Trinajstić information content (AvgIpc) is 2.95. The Kier molecular flexibility index (Phi) is 5.50. The molecule has 0 spiro atoms. The highest BCUT2D eigenvalue weighted by molar-refractivity contribution is 6.09. The van der Waals surface area contributed by atoms with Crippen LogP contribution in [0.3, 0.4) is 0 Å². The number of rotatable bonds is 4. The van der Waals surface area contributed by atoms with Gasteiger partial charge in [-0.3, -0.25) is 9.59 Å². The van der Waals surface area contributed by atoms with Crippen molar-refractivity contribution in [2.75, 3.05) is 19.6 Å². The first-order chi connectivity index (χ1) is 13.2. The number of nitrogens with zero attached hydrogens (tertiary/aromatic N) is 2. The molecule has 10 heteroatoms. The summed E-state index contributed by atoms with van der Waals surface area (Å²) in [5.74, 6) is -3.24. The summed E-state index contributed by atoms with van der Waals surface area (Å²) in [7, 11) is 0. The number of halogens is 2. The molecule has 2 aliphatic rings. The molecular weight excluding hydrogens is 376 g/mol. The van der Waals surface area contributed by atoms with Crippen molar-refractivity contribution in [1.82, 2.24) is 15.1 Å². The van der Waals surface area contributed by atoms with E-state index in [0.29, 0.717) is 18.9 Å². The molecular formula is C18H21F2N3O5. The molecule has 8 nitrogen and oxygen atoms in total. The van der Waals surface area contributed by atoms with Gasteiger partial charge in [0, 0.05) is 44.7 Å². The van der Waals surface area contributed by atoms with Crippen molar-refractivity contribution in [2.24, 2.45) is 0 Å². The van der Waals surface area contributed by atoms with Crippen LogP contribution in [0.15, 0.2) is 18.2 Å². The van der Waals surface area contributed by atoms with Crippen LogP contribution in [0.25, 0.3) is 0 Å². The maximum absolute atomic E-state index is 13.2. The fourth-order valence-corrected chi connectivity index (χ4v) is 3.70. The summed E-state index contributed by atoms with van der Waals surface area (Å²) in [6, 6.07) is 2.55. The average molecular weight is 397 g/mol. The minimum Gasteiger partial charge on any atom is -0.465 e. The lowest BCUT2D eigenvalue weighted by atomic mass is 10.00. The van der Waals surface area contributed by atoms with Crippen molar-refractivity contribution in [3.8, 4) is 0 Å². The zero-order valence-corrected chi connectivity index (χ0v) is 15.0. The van der Waals surface area contributed by atoms with E-state index in [-0.39, 0.29) is 44.2 Å². The van der Waals surface area contributed by atoms with Gasteiger partial charge in [-0.2, -0.15) is 0 Å². The van der Waals surface area contributed by atoms with Crippen LogP contribution in [-0.4, -0.2) is 69.2 Å². The van der Waals surface area contributed by atoms with E-state index in [2.05, 4.69) is 5.32 Å². The van der Waals surface area contributed by atoms with Crippen LogP contribution in [0.5, 0.6) is 0 Å². The van der Waals surface area contributed by atoms with E-state index < -0.39 is 35.1 Å². The molecule has 0 bridgehead atoms. The van der Waals surface area contributed by atoms with Crippen LogP contribution < -0.4 is 5.32 Å². The second-order valence-corrected chi connectivity index (χ2v) is 7.07. The SMILES string of the molecule is O=C(O)N1CCC(N2CC[C@@](O)(C(=O)NCc3cc(F)cc(F)c3)C2=O)CC1. The zero-order chi connectivity index (χ0) is 20.5. The van der Waals surface area contributed by atoms with Gasteiger partial charge in [0.05, 0.1) is 0 Å². The second-order valence-electron chi connectivity index (χ2n) is 7.07. The summed E-state index contributed by atoms with van der Waals surface area (Å²) in [4.78, 5) is 38.7. The maximum Gasteiger partial charge on any atom is 0.407 e. The number of aliphatic hydroxyl groups is 1. The van der Waals surface area contributed by atoms with Gasteiger partial charge in [0.2, 0.25) is 5.60 Å². The van der Waals surface area contributed by atoms with Gasteiger partial charge in [-0.15, -0.1) is 0 Å². The molecule has 2 saturated heterocycles. The highest BCUT2D eigenvalue weighted by Crippen LogP contribution is 2.29. The first-order valence-electron chi connectivity index (χ1n) is 8.95. The van der Waals surface area contributed by atoms with E-state index in [9.17, 15) is 28.3 Å². The summed E-state index contributed by atoms with van der Waals surface area (Å²) in [6.45, 7) is 0.494. The normalized spacial score (nSPS) is 23.2. The molecule has 28 heavy (non-hydrogen) atoms. The molecule has 0 unspecified atom stereocenters. The van der Waals surface area contributed by atoms with Crippen molar-refractivity contribution >= 4 is 17.9 Å². The molecule has 0 aromatic heterocycles. The number of hydrogen-bond donors (Lipinski definition) is 3. The monoisotopic (exact) mass is 397 g/mol. The first-order valence-corrected chi connectivity index (χ1v) is 8.95. The Morgan fingerprint density at radius 3 is 2.32 bits per heavy atom. The van der Waals surface area contributed by atoms with Crippen molar-refractivity contribution in [2.45, 2.75) is 37.5 Å². The van der Waals surface area contributed by atoms with Gasteiger partial charge in [-0.1, -0.05) is 0 Å². The highest BCUT2D eigenvalue weighted by Gasteiger charge is 2.53. The number of carbonyl (C=O) groups excluding carboxylic acids is 2. The molecule has 1 atom stereocenters. The lowest BCUT2D eigenvalue weighted by Crippen LogP contribution is -2.55. The van der Waals surface area contributed by atoms with E-state index in [1.807, 2.05) is 0 Å². The van der Waals surface area contributed by atoms with Gasteiger partial charge in [0.15, 0.2) is 0 Å². The third kappa shape index (κ3) is 3.91. The fraction of sp³-hybridized carbons (Fsp3) is 0.500. The largest absolute Gasteiger partial charge is 0.465 e. The molecule has 152 valence electrons. The van der Waals surface area contributed by atoms with Crippen molar-refractivity contribution in [3.63, 3.8) is 0 Å². The van der Waals surface area contributed by atoms with Gasteiger partial charge >= 0.3 is 6.09 Å². The lowest BCUT2D eigenvalue weighted by molar-refractivity contribution is -0.155. The summed E-state index contributed by atoms with van der Waals surface area (Å²) < 4.78 is 26.4. The van der Waals surface area contributed by atoms with Gasteiger partial charge in [-0.05, 0) is 30.5 Å². The molecule has 1 aromatic carbocycles. The molecule has 0 radical (unpaired) electrons. The number of hydrogen-bond acceptors (Lipinski definition) is 4. The minimum atomic E-state index is -2.24. The van der Waals surface area contributed by atoms with E-state index in [4.69, 9.17) is 5.11 Å². The van der Waals surface area contributed by atoms with Gasteiger partial charge < -0.3 is 25.3 Å². The number of amides is 3. The quantitative estimate of drug-likeness (QED) is 0.648. The molecule has 3 N–H and O–H groups in total. The van der Waals surface area contributed by atoms with E-state index in [1.54, 1.807) is 0 Å². The van der Waals surface area contributed by atoms with Crippen LogP contribution in [-0.2, 0) is 16.1 Å². The first kappa shape index (κ1) is 20.0. The predicted octanol–water partition coefficient (Wildman–Crippen LogP) is 0.687. The molecule has 0 aliphatic carbocycles. The van der Waals surface area contributed by atoms with Crippen LogP contribution in [0.2, 0.25) is 0 Å². The van der Waals surface area contributed by atoms with E-state index in [1.165, 1.54) is 9.80 Å². The third-order valence-electron chi connectivity index (χ3n) is 5.26. The summed E-state index contributed by atoms with van der Waals surface area (Å²) in [5.41, 5.74) is -2.08. The number of carboxylic acid groups (broad SMARTS) is 1. The highest BCUT2D eigenvalue weighted by atomic mass is 19.1. The Morgan fingerprint density at radius 1 is 1.14 bits per heavy atom. The Balaban J connectivity index is 1.60. The molecule has 1 aromatic rings. The number of piperidine rings is 1. The Bertz CT molecular complexity index is 777. The number of carbonyl (C=O) groups is 3. The smallest absolute Gasteiger partial charge is 0.407 e. The van der Waals surface area contributed by atoms with E-state index in [0.717, 1.165) is 12.1 Å². The summed E-state index contributed by atoms with van der Waals surface area (Å²) >= 11 is 0. The maximum atomic E-state index is 13.2. The number of likely N-dealkylation sites (tertiary alicyclic amines) is 2. The van der Waals surface area contributed by atoms with Gasteiger partial charge in [0.1, 0.15) is 11.6 Å². The van der Waals surface area contributed by atoms with Crippen molar-refractivity contribution in [3.05, 3.63) is 35.4 Å². The van der Waals surface area contributed by atoms with Crippen LogP contribution in [0, 0.1) is 11.6 Å². The predicted molar refractivity (Wildman–Crippen MR) is 92.1 cm³/mol. The van der Waals surface area contributed by atoms with Gasteiger partial charge in [-0.25, -0.2) is 13.6 Å². The van der Waals surface area contributed by atoms with Crippen LogP contribution >= 0.6 is 0 Å². The van der Waals surface area contributed by atoms with Gasteiger partial charge in [0.25, 0.3) is 11.8 Å². The molecule has 3 rings (SSSR count). The van der Waals surface area contributed by atoms with Crippen molar-refractivity contribution in [1.29, 1.82) is 0 Å². The lowest BCUT2D eigenvalue weighted by Gasteiger charge is -2.35. The van der Waals surface area contributed by atoms with Crippen LogP contribution in [0.4, 0.5) is 13.6 Å². The minimum absolute atomic E-state index is 0.103. The number of nitrogens with one attached hydrogen (secondary N) is 1. The molecule has 2 aliphatic heterocycles. The topological polar surface area (TPSA) is 110 Å². The standard InChI is InChI=1S/C18H21F2N3O5/c19-12-7-11(8-13(20)9-12)10-21-15(24)18(28)3-6-23(16(18)25)14-1-4-22(5-2-14)17(26)27/h7-9,14,28H,1-6,10H2,(H,21,24)(H,26,27)/t18-/m1/s1.